The number of ether oxygens (including phenoxy) is 1. The molecule has 0 unspecified atom stereocenters. The molecule has 0 saturated carbocycles. The molecule has 0 radical (unpaired) electrons. The Balaban J connectivity index is 2.40. The van der Waals surface area contributed by atoms with Gasteiger partial charge in [0.25, 0.3) is 5.56 Å². The fraction of sp³-hybridized carbons (Fsp3) is 0.278. The molecule has 0 fully saturated rings. The maximum Gasteiger partial charge on any atom is 0.268 e. The summed E-state index contributed by atoms with van der Waals surface area (Å²) in [6.45, 7) is 3.23. The highest BCUT2D eigenvalue weighted by atomic mass is 35.5. The van der Waals surface area contributed by atoms with Crippen molar-refractivity contribution in [1.29, 1.82) is 5.26 Å². The van der Waals surface area contributed by atoms with Crippen LogP contribution in [0.15, 0.2) is 35.3 Å². The summed E-state index contributed by atoms with van der Waals surface area (Å²) >= 11 is 5.88. The topological polar surface area (TPSA) is 92.3 Å². The zero-order chi connectivity index (χ0) is 18.4. The minimum atomic E-state index is -0.518. The lowest BCUT2D eigenvalue weighted by Gasteiger charge is -2.10. The molecule has 0 aliphatic heterocycles. The zero-order valence-electron chi connectivity index (χ0n) is 13.7. The lowest BCUT2D eigenvalue weighted by Crippen LogP contribution is -2.24. The third kappa shape index (κ3) is 4.47. The molecule has 0 aliphatic carbocycles. The second-order valence-electron chi connectivity index (χ2n) is 5.29. The number of halogens is 1. The van der Waals surface area contributed by atoms with Crippen LogP contribution in [0.2, 0.25) is 5.02 Å². The molecule has 0 bridgehead atoms. The van der Waals surface area contributed by atoms with Crippen LogP contribution in [0.25, 0.3) is 0 Å². The second kappa shape index (κ2) is 8.47. The van der Waals surface area contributed by atoms with E-state index in [-0.39, 0.29) is 22.4 Å². The molecule has 1 aromatic carbocycles. The molecule has 2 aromatic rings. The molecule has 1 aromatic heterocycles. The first-order valence-electron chi connectivity index (χ1n) is 7.73. The summed E-state index contributed by atoms with van der Waals surface area (Å²) in [7, 11) is 0. The van der Waals surface area contributed by atoms with Crippen molar-refractivity contribution < 1.29 is 14.6 Å². The molecular formula is C18H17ClN2O4. The Labute approximate surface area is 149 Å². The van der Waals surface area contributed by atoms with Crippen molar-refractivity contribution in [2.24, 2.45) is 0 Å². The van der Waals surface area contributed by atoms with Crippen LogP contribution in [-0.4, -0.2) is 28.7 Å². The minimum absolute atomic E-state index is 0.0101. The molecule has 130 valence electrons. The fourth-order valence-electron chi connectivity index (χ4n) is 2.33. The zero-order valence-corrected chi connectivity index (χ0v) is 14.4. The van der Waals surface area contributed by atoms with Crippen molar-refractivity contribution in [2.75, 3.05) is 13.2 Å². The van der Waals surface area contributed by atoms with Gasteiger partial charge in [0, 0.05) is 36.5 Å². The van der Waals surface area contributed by atoms with Crippen molar-refractivity contribution in [3.8, 4) is 11.8 Å². The number of benzene rings is 1. The van der Waals surface area contributed by atoms with E-state index in [1.807, 2.05) is 6.92 Å². The lowest BCUT2D eigenvalue weighted by molar-refractivity contribution is 0.103. The van der Waals surface area contributed by atoms with Gasteiger partial charge in [0.2, 0.25) is 0 Å². The van der Waals surface area contributed by atoms with Crippen LogP contribution in [0.4, 0.5) is 0 Å². The van der Waals surface area contributed by atoms with Crippen molar-refractivity contribution in [3.63, 3.8) is 0 Å². The second-order valence-corrected chi connectivity index (χ2v) is 5.73. The largest absolute Gasteiger partial charge is 0.507 e. The number of nitrogens with zero attached hydrogens (tertiary/aromatic N) is 2. The third-order valence-corrected chi connectivity index (χ3v) is 3.80. The van der Waals surface area contributed by atoms with Crippen molar-refractivity contribution >= 4 is 17.4 Å². The molecule has 1 N–H and O–H groups in total. The van der Waals surface area contributed by atoms with Crippen LogP contribution in [0.5, 0.6) is 5.75 Å². The number of hydrogen-bond donors (Lipinski definition) is 1. The fourth-order valence-corrected chi connectivity index (χ4v) is 2.51. The first-order valence-corrected chi connectivity index (χ1v) is 8.11. The Kier molecular flexibility index (Phi) is 6.34. The standard InChI is InChI=1S/C18H17ClN2O4/c1-2-25-7-3-6-21-11-13(8-12(10-20)18(21)24)17(23)15-9-14(19)4-5-16(15)22/h4-5,8-9,11,22H,2-3,6-7H2,1H3. The molecule has 25 heavy (non-hydrogen) atoms. The Bertz CT molecular complexity index is 884. The highest BCUT2D eigenvalue weighted by Gasteiger charge is 2.17. The first kappa shape index (κ1) is 18.7. The maximum absolute atomic E-state index is 12.7. The van der Waals surface area contributed by atoms with Gasteiger partial charge in [-0.3, -0.25) is 9.59 Å². The molecular weight excluding hydrogens is 344 g/mol. The monoisotopic (exact) mass is 360 g/mol. The van der Waals surface area contributed by atoms with Gasteiger partial charge in [0.1, 0.15) is 17.4 Å². The summed E-state index contributed by atoms with van der Waals surface area (Å²) in [6, 6.07) is 7.15. The van der Waals surface area contributed by atoms with Gasteiger partial charge in [0.05, 0.1) is 5.56 Å². The van der Waals surface area contributed by atoms with Crippen LogP contribution < -0.4 is 5.56 Å². The average molecular weight is 361 g/mol. The van der Waals surface area contributed by atoms with E-state index in [1.54, 1.807) is 6.07 Å². The molecule has 6 nitrogen and oxygen atoms in total. The van der Waals surface area contributed by atoms with E-state index in [9.17, 15) is 14.7 Å². The highest BCUT2D eigenvalue weighted by molar-refractivity contribution is 6.31. The molecule has 1 heterocycles. The van der Waals surface area contributed by atoms with Crippen LogP contribution >= 0.6 is 11.6 Å². The van der Waals surface area contributed by atoms with Crippen LogP contribution in [0, 0.1) is 11.3 Å². The van der Waals surface area contributed by atoms with E-state index in [1.165, 1.54) is 35.0 Å². The maximum atomic E-state index is 12.7. The van der Waals surface area contributed by atoms with Crippen LogP contribution in [0.1, 0.15) is 34.8 Å². The van der Waals surface area contributed by atoms with E-state index in [0.29, 0.717) is 31.2 Å². The summed E-state index contributed by atoms with van der Waals surface area (Å²) < 4.78 is 6.54. The number of phenolic OH excluding ortho intramolecular Hbond substituents is 1. The van der Waals surface area contributed by atoms with Gasteiger partial charge in [-0.2, -0.15) is 5.26 Å². The van der Waals surface area contributed by atoms with E-state index in [0.717, 1.165) is 0 Å². The number of nitriles is 1. The van der Waals surface area contributed by atoms with Crippen LogP contribution in [0.3, 0.4) is 0 Å². The number of aryl methyl sites for hydroxylation is 1. The smallest absolute Gasteiger partial charge is 0.268 e. The molecule has 0 spiro atoms. The van der Waals surface area contributed by atoms with Crippen molar-refractivity contribution in [3.05, 3.63) is 62.5 Å². The predicted molar refractivity (Wildman–Crippen MR) is 93.1 cm³/mol. The number of rotatable bonds is 7. The number of carbonyl (C=O) groups excluding carboxylic acids is 1. The summed E-state index contributed by atoms with van der Waals surface area (Å²) in [5, 5.41) is 19.3. The number of pyridine rings is 1. The molecule has 2 rings (SSSR count). The number of carbonyl (C=O) groups is 1. The van der Waals surface area contributed by atoms with E-state index >= 15 is 0 Å². The van der Waals surface area contributed by atoms with Crippen molar-refractivity contribution in [1.82, 2.24) is 4.57 Å². The van der Waals surface area contributed by atoms with Crippen molar-refractivity contribution in [2.45, 2.75) is 19.9 Å². The molecule has 0 saturated heterocycles. The third-order valence-electron chi connectivity index (χ3n) is 3.56. The van der Waals surface area contributed by atoms with Gasteiger partial charge in [-0.15, -0.1) is 0 Å². The van der Waals surface area contributed by atoms with E-state index < -0.39 is 11.3 Å². The predicted octanol–water partition coefficient (Wildman–Crippen LogP) is 2.74. The molecule has 0 amide bonds. The van der Waals surface area contributed by atoms with E-state index in [2.05, 4.69) is 0 Å². The quantitative estimate of drug-likeness (QED) is 0.605. The van der Waals surface area contributed by atoms with Gasteiger partial charge in [-0.05, 0) is 37.6 Å². The van der Waals surface area contributed by atoms with Gasteiger partial charge >= 0.3 is 0 Å². The highest BCUT2D eigenvalue weighted by Crippen LogP contribution is 2.24. The SMILES string of the molecule is CCOCCCn1cc(C(=O)c2cc(Cl)ccc2O)cc(C#N)c1=O. The Morgan fingerprint density at radius 2 is 2.16 bits per heavy atom. The number of hydrogen-bond acceptors (Lipinski definition) is 5. The number of aromatic nitrogens is 1. The van der Waals surface area contributed by atoms with Crippen LogP contribution in [-0.2, 0) is 11.3 Å². The minimum Gasteiger partial charge on any atom is -0.507 e. The average Bonchev–Trinajstić information content (AvgIpc) is 2.61. The van der Waals surface area contributed by atoms with Gasteiger partial charge in [-0.25, -0.2) is 0 Å². The summed E-state index contributed by atoms with van der Waals surface area (Å²) in [5.41, 5.74) is -0.462. The lowest BCUT2D eigenvalue weighted by atomic mass is 10.0. The van der Waals surface area contributed by atoms with E-state index in [4.69, 9.17) is 21.6 Å². The van der Waals surface area contributed by atoms with Gasteiger partial charge in [0.15, 0.2) is 5.78 Å². The molecule has 7 heteroatoms. The number of phenols is 1. The summed E-state index contributed by atoms with van der Waals surface area (Å²) in [6.07, 6.45) is 1.95. The Morgan fingerprint density at radius 1 is 1.40 bits per heavy atom. The number of aromatic hydroxyl groups is 1. The molecule has 0 atom stereocenters. The molecule has 0 aliphatic rings. The van der Waals surface area contributed by atoms with Gasteiger partial charge in [-0.1, -0.05) is 11.6 Å². The Morgan fingerprint density at radius 3 is 2.84 bits per heavy atom. The summed E-state index contributed by atoms with van der Waals surface area (Å²) in [5.74, 6) is -0.739. The van der Waals surface area contributed by atoms with Gasteiger partial charge < -0.3 is 14.4 Å². The normalized spacial score (nSPS) is 10.4. The summed E-state index contributed by atoms with van der Waals surface area (Å²) in [4.78, 5) is 24.9. The Hall–Kier alpha value is -2.62. The first-order chi connectivity index (χ1) is 12.0. The number of ketones is 1.